The largest absolute Gasteiger partial charge is 0.360 e. The minimum atomic E-state index is -3.65. The molecule has 0 bridgehead atoms. The smallest absolute Gasteiger partial charge is 0.257 e. The molecule has 0 radical (unpaired) electrons. The number of ketones is 1. The highest BCUT2D eigenvalue weighted by Crippen LogP contribution is 2.18. The molecule has 7 nitrogen and oxygen atoms in total. The van der Waals surface area contributed by atoms with E-state index in [1.54, 1.807) is 18.9 Å². The van der Waals surface area contributed by atoms with Gasteiger partial charge in [0, 0.05) is 25.2 Å². The molecular weight excluding hydrogens is 350 g/mol. The van der Waals surface area contributed by atoms with Crippen molar-refractivity contribution in [1.82, 2.24) is 4.90 Å². The second-order valence-electron chi connectivity index (χ2n) is 5.44. The quantitative estimate of drug-likeness (QED) is 0.765. The van der Waals surface area contributed by atoms with Gasteiger partial charge in [-0.1, -0.05) is 11.8 Å². The number of carbonyl (C=O) groups is 2. The lowest BCUT2D eigenvalue weighted by atomic mass is 10.1. The van der Waals surface area contributed by atoms with Gasteiger partial charge in [0.2, 0.25) is 0 Å². The molecule has 1 heterocycles. The van der Waals surface area contributed by atoms with Crippen molar-refractivity contribution in [3.8, 4) is 0 Å². The molecule has 0 aromatic heterocycles. The Morgan fingerprint density at radius 1 is 1.33 bits per heavy atom. The molecule has 0 aliphatic carbocycles. The summed E-state index contributed by atoms with van der Waals surface area (Å²) in [5.74, 6) is 0.569. The van der Waals surface area contributed by atoms with Gasteiger partial charge in [-0.2, -0.15) is 0 Å². The van der Waals surface area contributed by atoms with E-state index in [4.69, 9.17) is 0 Å². The van der Waals surface area contributed by atoms with Gasteiger partial charge in [-0.15, -0.1) is 0 Å². The first kappa shape index (κ1) is 18.5. The zero-order chi connectivity index (χ0) is 17.9. The first-order valence-corrected chi connectivity index (χ1v) is 9.76. The highest BCUT2D eigenvalue weighted by atomic mass is 32.2. The van der Waals surface area contributed by atoms with Crippen molar-refractivity contribution < 1.29 is 18.0 Å². The number of nitrogens with one attached hydrogen (secondary N) is 1. The van der Waals surface area contributed by atoms with Crippen molar-refractivity contribution >= 4 is 44.2 Å². The number of amidine groups is 1. The second kappa shape index (κ2) is 7.35. The molecule has 1 atom stereocenters. The molecule has 0 saturated carbocycles. The van der Waals surface area contributed by atoms with Crippen LogP contribution in [0.3, 0.4) is 0 Å². The lowest BCUT2D eigenvalue weighted by molar-refractivity contribution is -0.109. The first-order chi connectivity index (χ1) is 11.2. The zero-order valence-electron chi connectivity index (χ0n) is 13.6. The molecule has 2 rings (SSSR count). The minimum Gasteiger partial charge on any atom is -0.360 e. The summed E-state index contributed by atoms with van der Waals surface area (Å²) in [5.41, 5.74) is 0.800. The van der Waals surface area contributed by atoms with E-state index in [1.807, 2.05) is 0 Å². The van der Waals surface area contributed by atoms with E-state index in [1.165, 1.54) is 31.2 Å². The average molecular weight is 369 g/mol. The fourth-order valence-corrected chi connectivity index (χ4v) is 3.90. The Morgan fingerprint density at radius 2 is 1.96 bits per heavy atom. The lowest BCUT2D eigenvalue weighted by Crippen LogP contribution is -2.31. The van der Waals surface area contributed by atoms with Crippen LogP contribution in [0.25, 0.3) is 0 Å². The number of hydrogen-bond acceptors (Lipinski definition) is 7. The molecule has 130 valence electrons. The average Bonchev–Trinajstić information content (AvgIpc) is 2.85. The maximum absolute atomic E-state index is 12.3. The summed E-state index contributed by atoms with van der Waals surface area (Å²) < 4.78 is 27.2. The number of rotatable bonds is 6. The van der Waals surface area contributed by atoms with Crippen molar-refractivity contribution in [1.29, 1.82) is 0 Å². The zero-order valence-corrected chi connectivity index (χ0v) is 15.3. The van der Waals surface area contributed by atoms with E-state index in [0.29, 0.717) is 23.6 Å². The van der Waals surface area contributed by atoms with Crippen LogP contribution in [0.2, 0.25) is 0 Å². The van der Waals surface area contributed by atoms with E-state index in [2.05, 4.69) is 9.71 Å². The predicted molar refractivity (Wildman–Crippen MR) is 96.0 cm³/mol. The van der Waals surface area contributed by atoms with Gasteiger partial charge < -0.3 is 4.90 Å². The van der Waals surface area contributed by atoms with Crippen LogP contribution >= 0.6 is 11.8 Å². The normalized spacial score (nSPS) is 17.5. The SMILES string of the molecule is CC(=O)SCC(=O)c1ccc(NS(=O)(=O)C2CN(C)C(C)=N2)cc1. The predicted octanol–water partition coefficient (Wildman–Crippen LogP) is 1.58. The molecule has 1 unspecified atom stereocenters. The summed E-state index contributed by atoms with van der Waals surface area (Å²) in [5, 5.41) is -0.971. The van der Waals surface area contributed by atoms with Crippen molar-refractivity contribution in [2.24, 2.45) is 4.99 Å². The van der Waals surface area contributed by atoms with Crippen LogP contribution in [-0.4, -0.2) is 54.8 Å². The minimum absolute atomic E-state index is 0.0722. The molecule has 1 N–H and O–H groups in total. The van der Waals surface area contributed by atoms with Gasteiger partial charge in [-0.25, -0.2) is 13.4 Å². The third kappa shape index (κ3) is 4.57. The lowest BCUT2D eigenvalue weighted by Gasteiger charge is -2.14. The van der Waals surface area contributed by atoms with Gasteiger partial charge >= 0.3 is 0 Å². The summed E-state index contributed by atoms with van der Waals surface area (Å²) in [6.45, 7) is 3.47. The summed E-state index contributed by atoms with van der Waals surface area (Å²) in [6.07, 6.45) is 0. The number of hydrogen-bond donors (Lipinski definition) is 1. The molecule has 1 aliphatic rings. The maximum atomic E-state index is 12.3. The molecule has 1 aliphatic heterocycles. The maximum Gasteiger partial charge on any atom is 0.257 e. The Balaban J connectivity index is 2.04. The molecule has 0 fully saturated rings. The molecule has 1 aromatic carbocycles. The van der Waals surface area contributed by atoms with Crippen LogP contribution < -0.4 is 4.72 Å². The van der Waals surface area contributed by atoms with Gasteiger partial charge in [-0.05, 0) is 31.2 Å². The number of carbonyl (C=O) groups excluding carboxylic acids is 2. The molecule has 9 heteroatoms. The Bertz CT molecular complexity index is 772. The molecule has 0 saturated heterocycles. The van der Waals surface area contributed by atoms with E-state index in [0.717, 1.165) is 11.8 Å². The third-order valence-electron chi connectivity index (χ3n) is 3.55. The van der Waals surface area contributed by atoms with Crippen molar-refractivity contribution in [2.75, 3.05) is 24.1 Å². The number of aliphatic imine (C=N–C) groups is 1. The molecule has 24 heavy (non-hydrogen) atoms. The van der Waals surface area contributed by atoms with Crippen LogP contribution in [0.5, 0.6) is 0 Å². The van der Waals surface area contributed by atoms with Gasteiger partial charge in [0.25, 0.3) is 10.0 Å². The van der Waals surface area contributed by atoms with Crippen LogP contribution in [0.4, 0.5) is 5.69 Å². The Morgan fingerprint density at radius 3 is 2.46 bits per heavy atom. The Hall–Kier alpha value is -1.87. The fraction of sp³-hybridized carbons (Fsp3) is 0.400. The number of likely N-dealkylation sites (N-methyl/N-ethyl adjacent to an activating group) is 1. The van der Waals surface area contributed by atoms with Crippen LogP contribution in [0, 0.1) is 0 Å². The molecular formula is C15H19N3O4S2. The number of benzene rings is 1. The Kier molecular flexibility index (Phi) is 5.66. The molecule has 1 aromatic rings. The first-order valence-electron chi connectivity index (χ1n) is 7.23. The van der Waals surface area contributed by atoms with Crippen molar-refractivity contribution in [3.63, 3.8) is 0 Å². The number of sulfonamides is 1. The van der Waals surface area contributed by atoms with Crippen molar-refractivity contribution in [2.45, 2.75) is 19.2 Å². The Labute approximate surface area is 145 Å². The number of Topliss-reactive ketones (excluding diaryl/α,β-unsaturated/α-hetero) is 1. The van der Waals surface area contributed by atoms with Gasteiger partial charge in [-0.3, -0.25) is 14.3 Å². The summed E-state index contributed by atoms with van der Waals surface area (Å²) >= 11 is 0.946. The van der Waals surface area contributed by atoms with Gasteiger partial charge in [0.05, 0.1) is 18.1 Å². The van der Waals surface area contributed by atoms with E-state index < -0.39 is 15.4 Å². The highest BCUT2D eigenvalue weighted by molar-refractivity contribution is 8.14. The number of thioether (sulfide) groups is 1. The number of nitrogens with zero attached hydrogens (tertiary/aromatic N) is 2. The van der Waals surface area contributed by atoms with Crippen LogP contribution in [0.1, 0.15) is 24.2 Å². The van der Waals surface area contributed by atoms with E-state index in [-0.39, 0.29) is 16.7 Å². The summed E-state index contributed by atoms with van der Waals surface area (Å²) in [6, 6.07) is 6.13. The fourth-order valence-electron chi connectivity index (χ4n) is 2.09. The topological polar surface area (TPSA) is 95.9 Å². The van der Waals surface area contributed by atoms with Crippen LogP contribution in [0.15, 0.2) is 29.3 Å². The highest BCUT2D eigenvalue weighted by Gasteiger charge is 2.31. The summed E-state index contributed by atoms with van der Waals surface area (Å²) in [4.78, 5) is 28.7. The van der Waals surface area contributed by atoms with Crippen molar-refractivity contribution in [3.05, 3.63) is 29.8 Å². The van der Waals surface area contributed by atoms with E-state index in [9.17, 15) is 18.0 Å². The standard InChI is InChI=1S/C15H19N3O4S2/c1-10-16-15(8-18(10)3)24(21,22)17-13-6-4-12(5-7-13)14(20)9-23-11(2)19/h4-7,15,17H,8-9H2,1-3H3. The second-order valence-corrected chi connectivity index (χ2v) is 8.43. The third-order valence-corrected chi connectivity index (χ3v) is 5.85. The van der Waals surface area contributed by atoms with Gasteiger partial charge in [0.15, 0.2) is 16.3 Å². The van der Waals surface area contributed by atoms with E-state index >= 15 is 0 Å². The van der Waals surface area contributed by atoms with Gasteiger partial charge in [0.1, 0.15) is 0 Å². The molecule has 0 amide bonds. The monoisotopic (exact) mass is 369 g/mol. The molecule has 0 spiro atoms. The van der Waals surface area contributed by atoms with Crippen LogP contribution in [-0.2, 0) is 14.8 Å². The number of anilines is 1. The summed E-state index contributed by atoms with van der Waals surface area (Å²) in [7, 11) is -1.86.